The summed E-state index contributed by atoms with van der Waals surface area (Å²) in [6.07, 6.45) is 6.08. The van der Waals surface area contributed by atoms with Crippen LogP contribution in [0.25, 0.3) is 22.2 Å². The molecule has 12 heteroatoms. The highest BCUT2D eigenvalue weighted by atomic mass is 32.2. The maximum absolute atomic E-state index is 15.4. The van der Waals surface area contributed by atoms with Crippen LogP contribution in [0.4, 0.5) is 24.8 Å². The van der Waals surface area contributed by atoms with Crippen LogP contribution in [0.1, 0.15) is 29.8 Å². The van der Waals surface area contributed by atoms with Crippen molar-refractivity contribution in [3.05, 3.63) is 95.8 Å². The Morgan fingerprint density at radius 3 is 2.44 bits per heavy atom. The van der Waals surface area contributed by atoms with Gasteiger partial charge in [-0.1, -0.05) is 6.07 Å². The summed E-state index contributed by atoms with van der Waals surface area (Å²) >= 11 is 0. The number of anilines is 2. The Morgan fingerprint density at radius 1 is 0.974 bits per heavy atom. The quantitative estimate of drug-likeness (QED) is 0.216. The number of aromatic amines is 1. The molecule has 0 saturated carbocycles. The Kier molecular flexibility index (Phi) is 7.11. The molecule has 0 aliphatic heterocycles. The maximum Gasteiger partial charge on any atom is 0.222 e. The van der Waals surface area contributed by atoms with E-state index in [1.54, 1.807) is 24.7 Å². The molecule has 3 aromatic heterocycles. The molecule has 3 N–H and O–H groups in total. The van der Waals surface area contributed by atoms with Crippen LogP contribution in [0.3, 0.4) is 0 Å². The Morgan fingerprint density at radius 2 is 1.72 bits per heavy atom. The Hall–Kier alpha value is -4.58. The summed E-state index contributed by atoms with van der Waals surface area (Å²) in [5.41, 5.74) is 0.321. The minimum atomic E-state index is -2.07. The van der Waals surface area contributed by atoms with Crippen molar-refractivity contribution >= 4 is 39.4 Å². The van der Waals surface area contributed by atoms with Gasteiger partial charge in [0.1, 0.15) is 28.3 Å². The lowest BCUT2D eigenvalue weighted by molar-refractivity contribution is 0.103. The first-order chi connectivity index (χ1) is 18.7. The minimum Gasteiger partial charge on any atom is -0.352 e. The summed E-state index contributed by atoms with van der Waals surface area (Å²) in [5, 5.41) is 3.43. The number of carbonyl (C=O) groups excluding carboxylic acids is 1. The summed E-state index contributed by atoms with van der Waals surface area (Å²) in [7, 11) is -2.07. The predicted octanol–water partition coefficient (Wildman–Crippen LogP) is 5.62. The molecule has 1 unspecified atom stereocenters. The number of hydrogen-bond donors (Lipinski definition) is 3. The van der Waals surface area contributed by atoms with Crippen molar-refractivity contribution in [1.82, 2.24) is 19.9 Å². The molecule has 3 heterocycles. The monoisotopic (exact) mass is 550 g/mol. The van der Waals surface area contributed by atoms with E-state index in [0.29, 0.717) is 28.1 Å². The average Bonchev–Trinajstić information content (AvgIpc) is 3.34. The van der Waals surface area contributed by atoms with Crippen molar-refractivity contribution in [3.8, 4) is 11.1 Å². The van der Waals surface area contributed by atoms with Gasteiger partial charge in [-0.3, -0.25) is 9.52 Å². The van der Waals surface area contributed by atoms with Gasteiger partial charge in [0.15, 0.2) is 5.82 Å². The molecular formula is C27H21F3N6O2S. The molecule has 2 aromatic carbocycles. The number of carbonyl (C=O) groups is 1. The van der Waals surface area contributed by atoms with Gasteiger partial charge >= 0.3 is 0 Å². The zero-order chi connectivity index (χ0) is 27.7. The van der Waals surface area contributed by atoms with E-state index in [9.17, 15) is 17.8 Å². The van der Waals surface area contributed by atoms with Gasteiger partial charge < -0.3 is 10.3 Å². The Labute approximate surface area is 223 Å². The van der Waals surface area contributed by atoms with Crippen LogP contribution in [0.15, 0.2) is 72.1 Å². The second-order valence-electron chi connectivity index (χ2n) is 8.86. The van der Waals surface area contributed by atoms with Crippen molar-refractivity contribution in [2.45, 2.75) is 24.8 Å². The van der Waals surface area contributed by atoms with Gasteiger partial charge in [0, 0.05) is 52.9 Å². The molecule has 0 bridgehead atoms. The molecule has 0 aliphatic carbocycles. The zero-order valence-electron chi connectivity index (χ0n) is 20.6. The van der Waals surface area contributed by atoms with Gasteiger partial charge in [-0.2, -0.15) is 0 Å². The first kappa shape index (κ1) is 26.0. The van der Waals surface area contributed by atoms with Crippen LogP contribution in [-0.2, 0) is 11.0 Å². The van der Waals surface area contributed by atoms with E-state index >= 15 is 4.39 Å². The van der Waals surface area contributed by atoms with Gasteiger partial charge in [-0.15, -0.1) is 0 Å². The molecule has 0 amide bonds. The predicted molar refractivity (Wildman–Crippen MR) is 142 cm³/mol. The molecule has 0 radical (unpaired) electrons. The van der Waals surface area contributed by atoms with Gasteiger partial charge in [-0.25, -0.2) is 32.3 Å². The van der Waals surface area contributed by atoms with Gasteiger partial charge in [0.25, 0.3) is 0 Å². The Balaban J connectivity index is 1.48. The fourth-order valence-corrected chi connectivity index (χ4v) is 4.77. The molecule has 39 heavy (non-hydrogen) atoms. The smallest absolute Gasteiger partial charge is 0.222 e. The third-order valence-electron chi connectivity index (χ3n) is 5.71. The third-order valence-corrected chi connectivity index (χ3v) is 6.80. The number of benzene rings is 2. The molecular weight excluding hydrogens is 529 g/mol. The van der Waals surface area contributed by atoms with E-state index in [1.807, 2.05) is 13.8 Å². The van der Waals surface area contributed by atoms with Crippen LogP contribution < -0.4 is 10.0 Å². The lowest BCUT2D eigenvalue weighted by atomic mass is 10.0. The summed E-state index contributed by atoms with van der Waals surface area (Å²) < 4.78 is 58.7. The lowest BCUT2D eigenvalue weighted by Gasteiger charge is -2.11. The fraction of sp³-hybridized carbons (Fsp3) is 0.111. The first-order valence-electron chi connectivity index (χ1n) is 11.7. The molecule has 198 valence electrons. The normalized spacial score (nSPS) is 12.1. The second kappa shape index (κ2) is 10.7. The van der Waals surface area contributed by atoms with Gasteiger partial charge in [0.05, 0.1) is 16.1 Å². The highest BCUT2D eigenvalue weighted by Gasteiger charge is 2.25. The molecule has 0 spiro atoms. The topological polar surface area (TPSA) is 113 Å². The number of fused-ring (bicyclic) bond motifs is 1. The summed E-state index contributed by atoms with van der Waals surface area (Å²) in [6, 6.07) is 8.64. The largest absolute Gasteiger partial charge is 0.352 e. The highest BCUT2D eigenvalue weighted by molar-refractivity contribution is 7.86. The number of nitrogens with one attached hydrogen (secondary N) is 3. The zero-order valence-corrected chi connectivity index (χ0v) is 21.4. The molecule has 8 nitrogen and oxygen atoms in total. The van der Waals surface area contributed by atoms with Crippen molar-refractivity contribution in [3.63, 3.8) is 0 Å². The van der Waals surface area contributed by atoms with E-state index in [1.165, 1.54) is 24.4 Å². The van der Waals surface area contributed by atoms with Crippen LogP contribution in [0.2, 0.25) is 0 Å². The van der Waals surface area contributed by atoms with Crippen molar-refractivity contribution in [2.24, 2.45) is 0 Å². The average molecular weight is 551 g/mol. The molecule has 0 fully saturated rings. The van der Waals surface area contributed by atoms with Gasteiger partial charge in [0.2, 0.25) is 11.7 Å². The molecule has 5 aromatic rings. The third kappa shape index (κ3) is 5.36. The standard InChI is InChI=1S/C27H21F3N6O2S/c1-14(2)35-27-33-11-16(12-34-27)15-8-19-20(13-32-26(19)31-10-15)25(37)23-21(29)6-7-22(24(23)30)36-39(38)18-5-3-4-17(28)9-18/h3-14,36H,1-2H3,(H,31,32)(H,33,34,35). The van der Waals surface area contributed by atoms with Crippen molar-refractivity contribution < 1.29 is 22.2 Å². The number of nitrogens with zero attached hydrogens (tertiary/aromatic N) is 3. The van der Waals surface area contributed by atoms with Crippen LogP contribution in [0, 0.1) is 17.5 Å². The van der Waals surface area contributed by atoms with Crippen LogP contribution in [-0.4, -0.2) is 36.0 Å². The summed E-state index contributed by atoms with van der Waals surface area (Å²) in [5.74, 6) is -3.44. The second-order valence-corrected chi connectivity index (χ2v) is 10.1. The summed E-state index contributed by atoms with van der Waals surface area (Å²) in [4.78, 5) is 29.1. The summed E-state index contributed by atoms with van der Waals surface area (Å²) in [6.45, 7) is 3.92. The van der Waals surface area contributed by atoms with Crippen LogP contribution in [0.5, 0.6) is 0 Å². The SMILES string of the molecule is CC(C)Nc1ncc(-c2cnc3[nH]cc(C(=O)c4c(F)ccc(NS(=O)c5cccc(F)c5)c4F)c3c2)cn1. The highest BCUT2D eigenvalue weighted by Crippen LogP contribution is 2.29. The van der Waals surface area contributed by atoms with E-state index in [4.69, 9.17) is 0 Å². The number of H-pyrrole nitrogens is 1. The number of pyridine rings is 1. The molecule has 1 atom stereocenters. The molecule has 0 aliphatic rings. The fourth-order valence-electron chi connectivity index (χ4n) is 3.87. The maximum atomic E-state index is 15.4. The molecule has 0 saturated heterocycles. The van der Waals surface area contributed by atoms with E-state index < -0.39 is 39.8 Å². The van der Waals surface area contributed by atoms with Crippen molar-refractivity contribution in [1.29, 1.82) is 0 Å². The number of rotatable bonds is 8. The van der Waals surface area contributed by atoms with Gasteiger partial charge in [-0.05, 0) is 50.2 Å². The minimum absolute atomic E-state index is 0.0143. The first-order valence-corrected chi connectivity index (χ1v) is 12.9. The lowest BCUT2D eigenvalue weighted by Crippen LogP contribution is -2.12. The van der Waals surface area contributed by atoms with E-state index in [2.05, 4.69) is 30.0 Å². The number of halogens is 3. The number of hydrogen-bond acceptors (Lipinski definition) is 6. The van der Waals surface area contributed by atoms with E-state index in [0.717, 1.165) is 18.2 Å². The van der Waals surface area contributed by atoms with E-state index in [-0.39, 0.29) is 22.2 Å². The number of ketones is 1. The number of aromatic nitrogens is 4. The Bertz CT molecular complexity index is 1720. The molecule has 5 rings (SSSR count). The van der Waals surface area contributed by atoms with Crippen molar-refractivity contribution in [2.75, 3.05) is 10.0 Å². The van der Waals surface area contributed by atoms with Crippen LogP contribution >= 0.6 is 0 Å².